The fraction of sp³-hybridized carbons (Fsp3) is 0.556. The van der Waals surface area contributed by atoms with Crippen LogP contribution in [0.5, 0.6) is 0 Å². The van der Waals surface area contributed by atoms with Gasteiger partial charge in [0.25, 0.3) is 0 Å². The Bertz CT molecular complexity index is 557. The lowest BCUT2D eigenvalue weighted by Crippen LogP contribution is -2.52. The number of nitrogens with one attached hydrogen (secondary N) is 2. The number of aliphatic hydroxyl groups excluding tert-OH is 1. The van der Waals surface area contributed by atoms with Crippen LogP contribution < -0.4 is 16.4 Å². The van der Waals surface area contributed by atoms with Crippen molar-refractivity contribution in [3.8, 4) is 0 Å². The second-order valence-corrected chi connectivity index (χ2v) is 7.04. The number of hydrogen-bond donors (Lipinski definition) is 4. The average molecular weight is 351 g/mol. The van der Waals surface area contributed by atoms with Crippen molar-refractivity contribution >= 4 is 12.0 Å². The van der Waals surface area contributed by atoms with Gasteiger partial charge in [-0.2, -0.15) is 0 Å². The molecule has 0 spiro atoms. The van der Waals surface area contributed by atoms with Gasteiger partial charge in [0.2, 0.25) is 5.91 Å². The third-order valence-electron chi connectivity index (χ3n) is 3.52. The maximum atomic E-state index is 12.1. The second kappa shape index (κ2) is 9.39. The van der Waals surface area contributed by atoms with Gasteiger partial charge in [-0.05, 0) is 39.7 Å². The fourth-order valence-corrected chi connectivity index (χ4v) is 2.15. The molecule has 3 atom stereocenters. The molecule has 2 amide bonds. The first-order valence-corrected chi connectivity index (χ1v) is 8.32. The number of rotatable bonds is 8. The smallest absolute Gasteiger partial charge is 0.407 e. The number of ether oxygens (including phenoxy) is 1. The molecule has 0 aliphatic carbocycles. The van der Waals surface area contributed by atoms with E-state index in [1.54, 1.807) is 27.7 Å². The molecule has 0 aliphatic rings. The topological polar surface area (TPSA) is 114 Å². The van der Waals surface area contributed by atoms with Crippen molar-refractivity contribution in [1.82, 2.24) is 10.6 Å². The van der Waals surface area contributed by atoms with Crippen molar-refractivity contribution in [2.75, 3.05) is 6.54 Å². The number of alkyl carbamates (subject to hydrolysis) is 1. The van der Waals surface area contributed by atoms with Gasteiger partial charge in [0.15, 0.2) is 0 Å². The number of carbonyl (C=O) groups is 2. The molecule has 0 saturated carbocycles. The van der Waals surface area contributed by atoms with Crippen molar-refractivity contribution in [2.45, 2.75) is 57.9 Å². The van der Waals surface area contributed by atoms with Crippen molar-refractivity contribution in [1.29, 1.82) is 0 Å². The normalized spacial score (nSPS) is 15.1. The van der Waals surface area contributed by atoms with E-state index < -0.39 is 35.8 Å². The van der Waals surface area contributed by atoms with Crippen LogP contribution in [0, 0.1) is 0 Å². The van der Waals surface area contributed by atoms with Crippen molar-refractivity contribution in [3.05, 3.63) is 35.9 Å². The highest BCUT2D eigenvalue weighted by atomic mass is 16.6. The molecule has 7 nitrogen and oxygen atoms in total. The lowest BCUT2D eigenvalue weighted by atomic mass is 10.0. The molecule has 0 unspecified atom stereocenters. The zero-order valence-corrected chi connectivity index (χ0v) is 15.3. The summed E-state index contributed by atoms with van der Waals surface area (Å²) in [5, 5.41) is 16.0. The van der Waals surface area contributed by atoms with Crippen molar-refractivity contribution < 1.29 is 19.4 Å². The first-order valence-electron chi connectivity index (χ1n) is 8.32. The summed E-state index contributed by atoms with van der Waals surface area (Å²) in [5.41, 5.74) is 5.53. The van der Waals surface area contributed by atoms with Gasteiger partial charge in [-0.15, -0.1) is 0 Å². The molecule has 0 aromatic heterocycles. The molecule has 0 fully saturated rings. The maximum Gasteiger partial charge on any atom is 0.407 e. The highest BCUT2D eigenvalue weighted by Gasteiger charge is 2.25. The third-order valence-corrected chi connectivity index (χ3v) is 3.52. The average Bonchev–Trinajstić information content (AvgIpc) is 2.50. The van der Waals surface area contributed by atoms with E-state index in [1.165, 1.54) is 0 Å². The van der Waals surface area contributed by atoms with E-state index in [9.17, 15) is 14.7 Å². The van der Waals surface area contributed by atoms with Crippen LogP contribution in [0.4, 0.5) is 4.79 Å². The van der Waals surface area contributed by atoms with Gasteiger partial charge in [0, 0.05) is 6.54 Å². The fourth-order valence-electron chi connectivity index (χ4n) is 2.15. The van der Waals surface area contributed by atoms with E-state index >= 15 is 0 Å². The van der Waals surface area contributed by atoms with Crippen molar-refractivity contribution in [3.63, 3.8) is 0 Å². The Morgan fingerprint density at radius 3 is 2.36 bits per heavy atom. The van der Waals surface area contributed by atoms with E-state index in [-0.39, 0.29) is 6.54 Å². The highest BCUT2D eigenvalue weighted by Crippen LogP contribution is 2.10. The van der Waals surface area contributed by atoms with Crippen LogP contribution in [0.2, 0.25) is 0 Å². The van der Waals surface area contributed by atoms with E-state index in [0.717, 1.165) is 5.56 Å². The van der Waals surface area contributed by atoms with E-state index in [0.29, 0.717) is 6.42 Å². The molecular weight excluding hydrogens is 322 g/mol. The maximum absolute atomic E-state index is 12.1. The Kier molecular flexibility index (Phi) is 7.86. The van der Waals surface area contributed by atoms with Gasteiger partial charge >= 0.3 is 6.09 Å². The predicted molar refractivity (Wildman–Crippen MR) is 96.0 cm³/mol. The summed E-state index contributed by atoms with van der Waals surface area (Å²) < 4.78 is 5.26. The zero-order chi connectivity index (χ0) is 19.0. The molecule has 5 N–H and O–H groups in total. The first-order chi connectivity index (χ1) is 11.6. The number of aliphatic hydroxyl groups is 1. The molecule has 25 heavy (non-hydrogen) atoms. The van der Waals surface area contributed by atoms with E-state index in [2.05, 4.69) is 10.6 Å². The molecule has 7 heteroatoms. The summed E-state index contributed by atoms with van der Waals surface area (Å²) >= 11 is 0. The Hall–Kier alpha value is -2.12. The molecule has 1 aromatic carbocycles. The van der Waals surface area contributed by atoms with Crippen LogP contribution in [0.25, 0.3) is 0 Å². The zero-order valence-electron chi connectivity index (χ0n) is 15.3. The van der Waals surface area contributed by atoms with Crippen LogP contribution in [-0.2, 0) is 16.0 Å². The van der Waals surface area contributed by atoms with Gasteiger partial charge in [-0.25, -0.2) is 4.79 Å². The Morgan fingerprint density at radius 1 is 1.24 bits per heavy atom. The summed E-state index contributed by atoms with van der Waals surface area (Å²) in [5.74, 6) is -0.507. The molecule has 140 valence electrons. The summed E-state index contributed by atoms with van der Waals surface area (Å²) in [6.45, 7) is 7.03. The summed E-state index contributed by atoms with van der Waals surface area (Å²) in [6.07, 6.45) is -1.10. The van der Waals surface area contributed by atoms with Crippen LogP contribution in [0.15, 0.2) is 30.3 Å². The van der Waals surface area contributed by atoms with Gasteiger partial charge in [-0.3, -0.25) is 4.79 Å². The summed E-state index contributed by atoms with van der Waals surface area (Å²) in [4.78, 5) is 23.2. The lowest BCUT2D eigenvalue weighted by Gasteiger charge is -2.27. The number of benzene rings is 1. The third kappa shape index (κ3) is 8.51. The SMILES string of the molecule is C[C@H](NC[C@H](O)[C@H](Cc1ccccc1)NC(=O)OC(C)(C)C)C(N)=O. The van der Waals surface area contributed by atoms with Crippen LogP contribution in [-0.4, -0.2) is 47.4 Å². The molecule has 0 heterocycles. The number of amides is 2. The minimum absolute atomic E-state index is 0.109. The largest absolute Gasteiger partial charge is 0.444 e. The molecule has 0 radical (unpaired) electrons. The first kappa shape index (κ1) is 20.9. The van der Waals surface area contributed by atoms with Gasteiger partial charge < -0.3 is 26.2 Å². The monoisotopic (exact) mass is 351 g/mol. The van der Waals surface area contributed by atoms with Crippen LogP contribution >= 0.6 is 0 Å². The van der Waals surface area contributed by atoms with Crippen LogP contribution in [0.1, 0.15) is 33.3 Å². The molecule has 0 saturated heterocycles. The highest BCUT2D eigenvalue weighted by molar-refractivity contribution is 5.79. The standard InChI is InChI=1S/C18H29N3O4/c1-12(16(19)23)20-11-15(22)14(10-13-8-6-5-7-9-13)21-17(24)25-18(2,3)4/h5-9,12,14-15,20,22H,10-11H2,1-4H3,(H2,19,23)(H,21,24)/t12-,14-,15-/m0/s1. The minimum Gasteiger partial charge on any atom is -0.444 e. The second-order valence-electron chi connectivity index (χ2n) is 7.04. The number of nitrogens with two attached hydrogens (primary N) is 1. The van der Waals surface area contributed by atoms with Gasteiger partial charge in [0.05, 0.1) is 18.2 Å². The Balaban J connectivity index is 2.75. The predicted octanol–water partition coefficient (Wildman–Crippen LogP) is 0.947. The molecule has 0 aliphatic heterocycles. The number of hydrogen-bond acceptors (Lipinski definition) is 5. The lowest BCUT2D eigenvalue weighted by molar-refractivity contribution is -0.119. The number of primary amides is 1. The molecule has 0 bridgehead atoms. The summed E-state index contributed by atoms with van der Waals surface area (Å²) in [6, 6.07) is 8.34. The quantitative estimate of drug-likeness (QED) is 0.557. The molecule has 1 aromatic rings. The summed E-state index contributed by atoms with van der Waals surface area (Å²) in [7, 11) is 0. The molecular formula is C18H29N3O4. The number of carbonyl (C=O) groups excluding carboxylic acids is 2. The van der Waals surface area contributed by atoms with Gasteiger partial charge in [-0.1, -0.05) is 30.3 Å². The Labute approximate surface area is 148 Å². The minimum atomic E-state index is -0.922. The van der Waals surface area contributed by atoms with Crippen molar-refractivity contribution in [2.24, 2.45) is 5.73 Å². The van der Waals surface area contributed by atoms with Crippen LogP contribution in [0.3, 0.4) is 0 Å². The van der Waals surface area contributed by atoms with E-state index in [4.69, 9.17) is 10.5 Å². The van der Waals surface area contributed by atoms with Gasteiger partial charge in [0.1, 0.15) is 5.60 Å². The molecule has 1 rings (SSSR count). The Morgan fingerprint density at radius 2 is 1.84 bits per heavy atom. The van der Waals surface area contributed by atoms with E-state index in [1.807, 2.05) is 30.3 Å².